The highest BCUT2D eigenvalue weighted by molar-refractivity contribution is 7.89. The van der Waals surface area contributed by atoms with Crippen LogP contribution < -0.4 is 10.9 Å². The second kappa shape index (κ2) is 6.66. The molecule has 0 saturated carbocycles. The number of aryl methyl sites for hydroxylation is 2. The van der Waals surface area contributed by atoms with E-state index >= 15 is 0 Å². The Balaban J connectivity index is 2.23. The van der Waals surface area contributed by atoms with Crippen molar-refractivity contribution in [3.05, 3.63) is 40.3 Å². The third-order valence-corrected chi connectivity index (χ3v) is 6.46. The molecule has 0 bridgehead atoms. The molecule has 0 unspecified atom stereocenters. The second-order valence-electron chi connectivity index (χ2n) is 6.09. The van der Waals surface area contributed by atoms with Crippen molar-refractivity contribution in [2.45, 2.75) is 31.7 Å². The Morgan fingerprint density at radius 1 is 1.21 bits per heavy atom. The molecule has 0 spiro atoms. The van der Waals surface area contributed by atoms with E-state index in [1.54, 1.807) is 29.0 Å². The van der Waals surface area contributed by atoms with Crippen LogP contribution in [-0.2, 0) is 16.6 Å². The molecule has 24 heavy (non-hydrogen) atoms. The van der Waals surface area contributed by atoms with Gasteiger partial charge in [-0.2, -0.15) is 4.31 Å². The fraction of sp³-hybridized carbons (Fsp3) is 0.471. The van der Waals surface area contributed by atoms with Gasteiger partial charge >= 0.3 is 0 Å². The molecule has 0 radical (unpaired) electrons. The largest absolute Gasteiger partial charge is 0.315 e. The minimum atomic E-state index is -3.63. The molecule has 3 rings (SSSR count). The van der Waals surface area contributed by atoms with Crippen molar-refractivity contribution in [1.29, 1.82) is 0 Å². The van der Waals surface area contributed by atoms with E-state index in [9.17, 15) is 13.2 Å². The van der Waals surface area contributed by atoms with Gasteiger partial charge in [0.25, 0.3) is 5.56 Å². The number of hydrogen-bond acceptors (Lipinski definition) is 4. The van der Waals surface area contributed by atoms with E-state index in [1.165, 1.54) is 4.31 Å². The van der Waals surface area contributed by atoms with Gasteiger partial charge in [0.2, 0.25) is 10.0 Å². The number of rotatable bonds is 3. The molecule has 1 aromatic carbocycles. The Labute approximate surface area is 142 Å². The molecule has 1 saturated heterocycles. The van der Waals surface area contributed by atoms with E-state index in [4.69, 9.17) is 0 Å². The molecule has 0 amide bonds. The van der Waals surface area contributed by atoms with E-state index in [2.05, 4.69) is 5.32 Å². The summed E-state index contributed by atoms with van der Waals surface area (Å²) in [6.45, 7) is 6.73. The summed E-state index contributed by atoms with van der Waals surface area (Å²) in [7, 11) is -3.63. The second-order valence-corrected chi connectivity index (χ2v) is 8.00. The van der Waals surface area contributed by atoms with Crippen LogP contribution in [0.3, 0.4) is 0 Å². The van der Waals surface area contributed by atoms with Gasteiger partial charge in [-0.05, 0) is 44.5 Å². The number of sulfonamides is 1. The molecule has 1 aliphatic rings. The Kier molecular flexibility index (Phi) is 4.76. The summed E-state index contributed by atoms with van der Waals surface area (Å²) in [5, 5.41) is 4.22. The number of nitrogens with one attached hydrogen (secondary N) is 1. The molecule has 1 aliphatic heterocycles. The van der Waals surface area contributed by atoms with Crippen molar-refractivity contribution < 1.29 is 8.42 Å². The van der Waals surface area contributed by atoms with Crippen molar-refractivity contribution in [3.63, 3.8) is 0 Å². The average molecular weight is 349 g/mol. The Morgan fingerprint density at radius 3 is 2.75 bits per heavy atom. The summed E-state index contributed by atoms with van der Waals surface area (Å²) in [6.07, 6.45) is 2.53. The van der Waals surface area contributed by atoms with Gasteiger partial charge in [0, 0.05) is 43.1 Å². The number of pyridine rings is 1. The van der Waals surface area contributed by atoms with Gasteiger partial charge in [-0.15, -0.1) is 0 Å². The minimum absolute atomic E-state index is 0.146. The van der Waals surface area contributed by atoms with Gasteiger partial charge in [0.1, 0.15) is 0 Å². The lowest BCUT2D eigenvalue weighted by Crippen LogP contribution is -2.34. The quantitative estimate of drug-likeness (QED) is 0.907. The normalized spacial score (nSPS) is 17.1. The van der Waals surface area contributed by atoms with E-state index in [1.807, 2.05) is 13.8 Å². The van der Waals surface area contributed by atoms with Gasteiger partial charge in [0.15, 0.2) is 0 Å². The van der Waals surface area contributed by atoms with Crippen molar-refractivity contribution in [2.75, 3.05) is 26.2 Å². The van der Waals surface area contributed by atoms with Gasteiger partial charge < -0.3 is 9.88 Å². The maximum Gasteiger partial charge on any atom is 0.258 e. The summed E-state index contributed by atoms with van der Waals surface area (Å²) in [4.78, 5) is 12.8. The van der Waals surface area contributed by atoms with Crippen LogP contribution in [0.5, 0.6) is 0 Å². The van der Waals surface area contributed by atoms with E-state index in [0.717, 1.165) is 18.5 Å². The van der Waals surface area contributed by atoms with Gasteiger partial charge in [-0.25, -0.2) is 8.42 Å². The molecule has 130 valence electrons. The number of aromatic nitrogens is 1. The number of fused-ring (bicyclic) bond motifs is 1. The van der Waals surface area contributed by atoms with Crippen LogP contribution in [0.1, 0.15) is 18.9 Å². The van der Waals surface area contributed by atoms with Gasteiger partial charge in [-0.3, -0.25) is 4.79 Å². The third kappa shape index (κ3) is 2.87. The number of hydrogen-bond donors (Lipinski definition) is 1. The van der Waals surface area contributed by atoms with E-state index < -0.39 is 10.0 Å². The lowest BCUT2D eigenvalue weighted by atomic mass is 10.1. The van der Waals surface area contributed by atoms with Gasteiger partial charge in [-0.1, -0.05) is 6.07 Å². The maximum atomic E-state index is 13.2. The average Bonchev–Trinajstić information content (AvgIpc) is 2.87. The first-order chi connectivity index (χ1) is 11.5. The van der Waals surface area contributed by atoms with Crippen molar-refractivity contribution >= 4 is 20.8 Å². The fourth-order valence-corrected chi connectivity index (χ4v) is 5.04. The van der Waals surface area contributed by atoms with E-state index in [-0.39, 0.29) is 10.5 Å². The SMILES string of the molecule is CCn1cc(C)c2c(S(=O)(=O)N3CCCNCC3)cccc2c1=O. The predicted octanol–water partition coefficient (Wildman–Crippen LogP) is 1.31. The van der Waals surface area contributed by atoms with Crippen LogP contribution in [0.25, 0.3) is 10.8 Å². The zero-order valence-corrected chi connectivity index (χ0v) is 14.9. The first-order valence-electron chi connectivity index (χ1n) is 8.30. The molecule has 7 heteroatoms. The topological polar surface area (TPSA) is 71.4 Å². The molecular weight excluding hydrogens is 326 g/mol. The zero-order chi connectivity index (χ0) is 17.3. The molecule has 6 nitrogen and oxygen atoms in total. The number of benzene rings is 1. The predicted molar refractivity (Wildman–Crippen MR) is 94.9 cm³/mol. The smallest absolute Gasteiger partial charge is 0.258 e. The molecule has 1 N–H and O–H groups in total. The minimum Gasteiger partial charge on any atom is -0.315 e. The summed E-state index contributed by atoms with van der Waals surface area (Å²) in [5.74, 6) is 0. The molecule has 0 aliphatic carbocycles. The molecule has 0 atom stereocenters. The zero-order valence-electron chi connectivity index (χ0n) is 14.1. The van der Waals surface area contributed by atoms with Crippen LogP contribution in [0.4, 0.5) is 0 Å². The first-order valence-corrected chi connectivity index (χ1v) is 9.74. The molecular formula is C17H23N3O3S. The maximum absolute atomic E-state index is 13.2. The Hall–Kier alpha value is -1.70. The summed E-state index contributed by atoms with van der Waals surface area (Å²) in [5.41, 5.74) is 0.659. The lowest BCUT2D eigenvalue weighted by Gasteiger charge is -2.21. The summed E-state index contributed by atoms with van der Waals surface area (Å²) in [6, 6.07) is 4.98. The van der Waals surface area contributed by atoms with Crippen molar-refractivity contribution in [2.24, 2.45) is 0 Å². The standard InChI is InChI=1S/C17H23N3O3S/c1-3-19-12-13(2)16-14(17(19)21)6-4-7-15(16)24(22,23)20-10-5-8-18-9-11-20/h4,6-7,12,18H,3,5,8-11H2,1-2H3. The molecule has 1 aromatic heterocycles. The fourth-order valence-electron chi connectivity index (χ4n) is 3.28. The molecule has 1 fully saturated rings. The van der Waals surface area contributed by atoms with Crippen molar-refractivity contribution in [1.82, 2.24) is 14.2 Å². The van der Waals surface area contributed by atoms with Gasteiger partial charge in [0.05, 0.1) is 4.90 Å². The van der Waals surface area contributed by atoms with E-state index in [0.29, 0.717) is 37.0 Å². The monoisotopic (exact) mass is 349 g/mol. The van der Waals surface area contributed by atoms with Crippen LogP contribution in [0, 0.1) is 6.92 Å². The van der Waals surface area contributed by atoms with Crippen molar-refractivity contribution in [3.8, 4) is 0 Å². The van der Waals surface area contributed by atoms with Crippen LogP contribution in [0.15, 0.2) is 34.1 Å². The number of nitrogens with zero attached hydrogens (tertiary/aromatic N) is 2. The first kappa shape index (κ1) is 17.1. The summed E-state index contributed by atoms with van der Waals surface area (Å²) >= 11 is 0. The van der Waals surface area contributed by atoms with Crippen LogP contribution in [-0.4, -0.2) is 43.5 Å². The highest BCUT2D eigenvalue weighted by Gasteiger charge is 2.27. The summed E-state index contributed by atoms with van der Waals surface area (Å²) < 4.78 is 29.5. The highest BCUT2D eigenvalue weighted by Crippen LogP contribution is 2.27. The Bertz CT molecular complexity index is 911. The molecule has 2 aromatic rings. The Morgan fingerprint density at radius 2 is 2.00 bits per heavy atom. The van der Waals surface area contributed by atoms with Crippen LogP contribution in [0.2, 0.25) is 0 Å². The lowest BCUT2D eigenvalue weighted by molar-refractivity contribution is 0.432. The molecule has 2 heterocycles. The van der Waals surface area contributed by atoms with Crippen LogP contribution >= 0.6 is 0 Å². The highest BCUT2D eigenvalue weighted by atomic mass is 32.2. The third-order valence-electron chi connectivity index (χ3n) is 4.52.